The third-order valence-electron chi connectivity index (χ3n) is 4.75. The summed E-state index contributed by atoms with van der Waals surface area (Å²) in [6.07, 6.45) is 5.96. The van der Waals surface area contributed by atoms with Gasteiger partial charge in [-0.05, 0) is 55.5 Å². The zero-order valence-electron chi connectivity index (χ0n) is 14.5. The molecular formula is C20H24FN3O. The first-order chi connectivity index (χ1) is 12.2. The zero-order valence-corrected chi connectivity index (χ0v) is 14.5. The Labute approximate surface area is 148 Å². The molecule has 5 heteroatoms. The maximum Gasteiger partial charge on any atom is 0.272 e. The summed E-state index contributed by atoms with van der Waals surface area (Å²) in [5.41, 5.74) is 2.30. The average Bonchev–Trinajstić information content (AvgIpc) is 2.67. The predicted molar refractivity (Wildman–Crippen MR) is 96.9 cm³/mol. The number of hydrogen-bond acceptors (Lipinski definition) is 3. The number of rotatable bonds is 5. The van der Waals surface area contributed by atoms with Gasteiger partial charge in [0, 0.05) is 31.0 Å². The van der Waals surface area contributed by atoms with E-state index in [2.05, 4.69) is 17.2 Å². The van der Waals surface area contributed by atoms with Crippen LogP contribution < -0.4 is 5.32 Å². The molecule has 25 heavy (non-hydrogen) atoms. The van der Waals surface area contributed by atoms with Gasteiger partial charge in [0.05, 0.1) is 0 Å². The van der Waals surface area contributed by atoms with Crippen LogP contribution in [0.5, 0.6) is 0 Å². The van der Waals surface area contributed by atoms with E-state index < -0.39 is 0 Å². The number of pyridine rings is 1. The Morgan fingerprint density at radius 3 is 2.84 bits per heavy atom. The van der Waals surface area contributed by atoms with Gasteiger partial charge in [0.1, 0.15) is 11.5 Å². The monoisotopic (exact) mass is 341 g/mol. The van der Waals surface area contributed by atoms with Gasteiger partial charge in [0.2, 0.25) is 0 Å². The molecule has 1 aliphatic heterocycles. The zero-order chi connectivity index (χ0) is 17.6. The molecule has 1 unspecified atom stereocenters. The number of hydrogen-bond donors (Lipinski definition) is 1. The van der Waals surface area contributed by atoms with E-state index in [9.17, 15) is 9.18 Å². The van der Waals surface area contributed by atoms with E-state index in [1.54, 1.807) is 24.4 Å². The van der Waals surface area contributed by atoms with Crippen LogP contribution >= 0.6 is 0 Å². The summed E-state index contributed by atoms with van der Waals surface area (Å²) >= 11 is 0. The molecule has 1 amide bonds. The van der Waals surface area contributed by atoms with Crippen molar-refractivity contribution < 1.29 is 9.18 Å². The second-order valence-corrected chi connectivity index (χ2v) is 6.47. The minimum atomic E-state index is -0.243. The topological polar surface area (TPSA) is 45.2 Å². The van der Waals surface area contributed by atoms with Crippen LogP contribution in [-0.2, 0) is 6.54 Å². The fourth-order valence-corrected chi connectivity index (χ4v) is 3.30. The lowest BCUT2D eigenvalue weighted by molar-refractivity contribution is 0.0602. The standard InChI is InChI=1S/C20H24FN3O/c1-2-18-5-3-4-12-24(18)20(25)19-13-17(10-11-22-19)23-14-15-6-8-16(21)9-7-15/h6-11,13,18H,2-5,12,14H2,1H3,(H,22,23). The number of benzene rings is 1. The van der Waals surface area contributed by atoms with Crippen molar-refractivity contribution in [3.63, 3.8) is 0 Å². The van der Waals surface area contributed by atoms with Crippen molar-refractivity contribution in [1.82, 2.24) is 9.88 Å². The minimum absolute atomic E-state index is 0.0111. The van der Waals surface area contributed by atoms with Crippen molar-refractivity contribution >= 4 is 11.6 Å². The smallest absolute Gasteiger partial charge is 0.272 e. The number of carbonyl (C=O) groups excluding carboxylic acids is 1. The lowest BCUT2D eigenvalue weighted by atomic mass is 9.99. The molecule has 2 heterocycles. The summed E-state index contributed by atoms with van der Waals surface area (Å²) in [7, 11) is 0. The number of halogens is 1. The molecule has 0 saturated carbocycles. The van der Waals surface area contributed by atoms with E-state index in [-0.39, 0.29) is 11.7 Å². The highest BCUT2D eigenvalue weighted by atomic mass is 19.1. The molecule has 1 aromatic heterocycles. The number of nitrogens with zero attached hydrogens (tertiary/aromatic N) is 2. The van der Waals surface area contributed by atoms with Crippen molar-refractivity contribution in [2.24, 2.45) is 0 Å². The number of amides is 1. The molecule has 1 aromatic carbocycles. The highest BCUT2D eigenvalue weighted by Gasteiger charge is 2.26. The van der Waals surface area contributed by atoms with E-state index in [1.165, 1.54) is 18.6 Å². The molecule has 1 saturated heterocycles. The Bertz CT molecular complexity index is 717. The summed E-state index contributed by atoms with van der Waals surface area (Å²) in [6, 6.07) is 10.3. The van der Waals surface area contributed by atoms with Crippen LogP contribution in [0.1, 0.15) is 48.7 Å². The van der Waals surface area contributed by atoms with Gasteiger partial charge in [-0.1, -0.05) is 19.1 Å². The SMILES string of the molecule is CCC1CCCCN1C(=O)c1cc(NCc2ccc(F)cc2)ccn1. The van der Waals surface area contributed by atoms with Gasteiger partial charge in [0.25, 0.3) is 5.91 Å². The van der Waals surface area contributed by atoms with E-state index in [0.717, 1.165) is 37.1 Å². The fourth-order valence-electron chi connectivity index (χ4n) is 3.30. The lowest BCUT2D eigenvalue weighted by Gasteiger charge is -2.35. The number of carbonyl (C=O) groups is 1. The van der Waals surface area contributed by atoms with Crippen LogP contribution in [-0.4, -0.2) is 28.4 Å². The van der Waals surface area contributed by atoms with Crippen molar-refractivity contribution in [1.29, 1.82) is 0 Å². The second kappa shape index (κ2) is 8.10. The van der Waals surface area contributed by atoms with Gasteiger partial charge in [0.15, 0.2) is 0 Å². The molecule has 132 valence electrons. The second-order valence-electron chi connectivity index (χ2n) is 6.47. The Hall–Kier alpha value is -2.43. The number of piperidine rings is 1. The predicted octanol–water partition coefficient (Wildman–Crippen LogP) is 4.24. The van der Waals surface area contributed by atoms with E-state index in [0.29, 0.717) is 18.3 Å². The van der Waals surface area contributed by atoms with Crippen LogP contribution in [0, 0.1) is 5.82 Å². The number of anilines is 1. The first-order valence-electron chi connectivity index (χ1n) is 8.92. The van der Waals surface area contributed by atoms with E-state index in [4.69, 9.17) is 0 Å². The van der Waals surface area contributed by atoms with Gasteiger partial charge < -0.3 is 10.2 Å². The van der Waals surface area contributed by atoms with Crippen LogP contribution in [0.25, 0.3) is 0 Å². The van der Waals surface area contributed by atoms with Crippen LogP contribution in [0.3, 0.4) is 0 Å². The van der Waals surface area contributed by atoms with Crippen LogP contribution in [0.15, 0.2) is 42.6 Å². The first-order valence-corrected chi connectivity index (χ1v) is 8.92. The molecule has 0 radical (unpaired) electrons. The third-order valence-corrected chi connectivity index (χ3v) is 4.75. The van der Waals surface area contributed by atoms with Gasteiger partial charge >= 0.3 is 0 Å². The lowest BCUT2D eigenvalue weighted by Crippen LogP contribution is -2.43. The largest absolute Gasteiger partial charge is 0.381 e. The molecule has 0 spiro atoms. The Morgan fingerprint density at radius 2 is 2.08 bits per heavy atom. The maximum absolute atomic E-state index is 13.0. The summed E-state index contributed by atoms with van der Waals surface area (Å²) in [4.78, 5) is 19.1. The molecule has 3 rings (SSSR count). The summed E-state index contributed by atoms with van der Waals surface area (Å²) in [5.74, 6) is -0.232. The van der Waals surface area contributed by atoms with Gasteiger partial charge in [-0.15, -0.1) is 0 Å². The first kappa shape index (κ1) is 17.4. The van der Waals surface area contributed by atoms with Gasteiger partial charge in [-0.25, -0.2) is 4.39 Å². The van der Waals surface area contributed by atoms with Crippen molar-refractivity contribution in [2.75, 3.05) is 11.9 Å². The summed E-state index contributed by atoms with van der Waals surface area (Å²) < 4.78 is 13.0. The fraction of sp³-hybridized carbons (Fsp3) is 0.400. The van der Waals surface area contributed by atoms with Gasteiger partial charge in [-0.2, -0.15) is 0 Å². The number of nitrogens with one attached hydrogen (secondary N) is 1. The molecule has 0 aliphatic carbocycles. The Kier molecular flexibility index (Phi) is 5.64. The highest BCUT2D eigenvalue weighted by Crippen LogP contribution is 2.22. The average molecular weight is 341 g/mol. The van der Waals surface area contributed by atoms with Crippen molar-refractivity contribution in [3.8, 4) is 0 Å². The number of likely N-dealkylation sites (tertiary alicyclic amines) is 1. The molecule has 1 atom stereocenters. The Balaban J connectivity index is 1.68. The molecule has 1 N–H and O–H groups in total. The van der Waals surface area contributed by atoms with Crippen LogP contribution in [0.2, 0.25) is 0 Å². The Morgan fingerprint density at radius 1 is 1.28 bits per heavy atom. The van der Waals surface area contributed by atoms with Gasteiger partial charge in [-0.3, -0.25) is 9.78 Å². The molecule has 1 fully saturated rings. The highest BCUT2D eigenvalue weighted by molar-refractivity contribution is 5.93. The molecule has 2 aromatic rings. The van der Waals surface area contributed by atoms with Crippen LogP contribution in [0.4, 0.5) is 10.1 Å². The minimum Gasteiger partial charge on any atom is -0.381 e. The van der Waals surface area contributed by atoms with Crippen molar-refractivity contribution in [3.05, 3.63) is 59.7 Å². The summed E-state index contributed by atoms with van der Waals surface area (Å²) in [5, 5.41) is 3.27. The summed E-state index contributed by atoms with van der Waals surface area (Å²) in [6.45, 7) is 3.51. The van der Waals surface area contributed by atoms with Crippen molar-refractivity contribution in [2.45, 2.75) is 45.2 Å². The maximum atomic E-state index is 13.0. The van der Waals surface area contributed by atoms with E-state index in [1.807, 2.05) is 11.0 Å². The number of aromatic nitrogens is 1. The molecule has 1 aliphatic rings. The normalized spacial score (nSPS) is 17.4. The molecular weight excluding hydrogens is 317 g/mol. The third kappa shape index (κ3) is 4.35. The van der Waals surface area contributed by atoms with E-state index >= 15 is 0 Å². The molecule has 4 nitrogen and oxygen atoms in total. The molecule has 0 bridgehead atoms. The quantitative estimate of drug-likeness (QED) is 0.885.